The Hall–Kier alpha value is -1.10. The Bertz CT molecular complexity index is 308. The number of carboxylic acids is 1. The Balaban J connectivity index is 2.11. The van der Waals surface area contributed by atoms with Crippen molar-refractivity contribution in [3.05, 3.63) is 0 Å². The van der Waals surface area contributed by atoms with Crippen molar-refractivity contribution in [2.24, 2.45) is 10.8 Å². The molecule has 16 heavy (non-hydrogen) atoms. The summed E-state index contributed by atoms with van der Waals surface area (Å²) in [6.45, 7) is 1.33. The molecule has 0 bridgehead atoms. The van der Waals surface area contributed by atoms with E-state index < -0.39 is 17.4 Å². The number of hydrogen-bond donors (Lipinski definition) is 1. The number of carbonyl (C=O) groups is 2. The second kappa shape index (κ2) is 3.73. The molecule has 2 aliphatic rings. The maximum Gasteiger partial charge on any atom is 0.323 e. The lowest BCUT2D eigenvalue weighted by Crippen LogP contribution is -2.57. The number of rotatable bonds is 2. The maximum atomic E-state index is 11.5. The van der Waals surface area contributed by atoms with Crippen LogP contribution in [0.1, 0.15) is 25.7 Å². The molecule has 0 amide bonds. The number of ether oxygens (including phenoxy) is 2. The van der Waals surface area contributed by atoms with E-state index in [-0.39, 0.29) is 5.41 Å². The van der Waals surface area contributed by atoms with Crippen LogP contribution in [0.15, 0.2) is 0 Å². The lowest BCUT2D eigenvalue weighted by atomic mass is 9.50. The van der Waals surface area contributed by atoms with Crippen LogP contribution in [-0.4, -0.2) is 37.4 Å². The minimum absolute atomic E-state index is 0.00910. The molecule has 5 heteroatoms. The average molecular weight is 228 g/mol. The molecule has 1 aliphatic carbocycles. The molecule has 1 heterocycles. The summed E-state index contributed by atoms with van der Waals surface area (Å²) < 4.78 is 9.85. The van der Waals surface area contributed by atoms with Crippen LogP contribution in [0.2, 0.25) is 0 Å². The average Bonchev–Trinajstić information content (AvgIpc) is 2.25. The van der Waals surface area contributed by atoms with Crippen molar-refractivity contribution in [3.8, 4) is 0 Å². The van der Waals surface area contributed by atoms with Gasteiger partial charge in [-0.3, -0.25) is 9.59 Å². The minimum atomic E-state index is -1.30. The lowest BCUT2D eigenvalue weighted by molar-refractivity contribution is -0.192. The minimum Gasteiger partial charge on any atom is -0.480 e. The van der Waals surface area contributed by atoms with Gasteiger partial charge in [0.1, 0.15) is 0 Å². The molecule has 0 unspecified atom stereocenters. The van der Waals surface area contributed by atoms with Gasteiger partial charge in [0.05, 0.1) is 7.11 Å². The molecule has 1 saturated carbocycles. The molecule has 0 radical (unpaired) electrons. The highest BCUT2D eigenvalue weighted by Gasteiger charge is 2.64. The van der Waals surface area contributed by atoms with E-state index in [1.807, 2.05) is 0 Å². The van der Waals surface area contributed by atoms with Gasteiger partial charge in [-0.15, -0.1) is 0 Å². The van der Waals surface area contributed by atoms with Crippen LogP contribution < -0.4 is 0 Å². The number of aliphatic carboxylic acids is 1. The largest absolute Gasteiger partial charge is 0.480 e. The molecule has 1 saturated heterocycles. The van der Waals surface area contributed by atoms with Crippen molar-refractivity contribution >= 4 is 11.9 Å². The van der Waals surface area contributed by atoms with Crippen molar-refractivity contribution in [3.63, 3.8) is 0 Å². The zero-order valence-corrected chi connectivity index (χ0v) is 9.32. The van der Waals surface area contributed by atoms with Crippen molar-refractivity contribution in [2.45, 2.75) is 25.7 Å². The summed E-state index contributed by atoms with van der Waals surface area (Å²) in [6, 6.07) is 0. The molecular formula is C11H16O5. The standard InChI is InChI=1S/C11H16O5/c1-15-9(14)11(8(12)13)6-10(7-11)2-4-16-5-3-10/h2-7H2,1H3,(H,12,13). The molecule has 0 aromatic heterocycles. The molecule has 1 N–H and O–H groups in total. The van der Waals surface area contributed by atoms with Gasteiger partial charge in [0.25, 0.3) is 0 Å². The third-order valence-corrected chi connectivity index (χ3v) is 3.89. The van der Waals surface area contributed by atoms with Crippen molar-refractivity contribution < 1.29 is 24.2 Å². The second-order valence-electron chi connectivity index (χ2n) is 4.84. The number of esters is 1. The Kier molecular flexibility index (Phi) is 2.66. The van der Waals surface area contributed by atoms with Gasteiger partial charge in [-0.1, -0.05) is 0 Å². The van der Waals surface area contributed by atoms with E-state index >= 15 is 0 Å². The summed E-state index contributed by atoms with van der Waals surface area (Å²) in [5, 5.41) is 9.17. The number of methoxy groups -OCH3 is 1. The summed E-state index contributed by atoms with van der Waals surface area (Å²) in [4.78, 5) is 22.7. The SMILES string of the molecule is COC(=O)C1(C(=O)O)CC2(CCOCC2)C1. The molecule has 2 rings (SSSR count). The second-order valence-corrected chi connectivity index (χ2v) is 4.84. The normalized spacial score (nSPS) is 25.8. The van der Waals surface area contributed by atoms with Crippen molar-refractivity contribution in [1.82, 2.24) is 0 Å². The number of hydrogen-bond acceptors (Lipinski definition) is 4. The van der Waals surface area contributed by atoms with E-state index in [0.29, 0.717) is 26.1 Å². The van der Waals surface area contributed by atoms with Gasteiger partial charge in [-0.2, -0.15) is 0 Å². The topological polar surface area (TPSA) is 72.8 Å². The third kappa shape index (κ3) is 1.50. The van der Waals surface area contributed by atoms with Gasteiger partial charge in [0, 0.05) is 13.2 Å². The molecule has 1 aliphatic heterocycles. The van der Waals surface area contributed by atoms with Crippen molar-refractivity contribution in [2.75, 3.05) is 20.3 Å². The highest BCUT2D eigenvalue weighted by atomic mass is 16.5. The van der Waals surface area contributed by atoms with Crippen LogP contribution in [0.25, 0.3) is 0 Å². The van der Waals surface area contributed by atoms with Gasteiger partial charge in [0.15, 0.2) is 5.41 Å². The van der Waals surface area contributed by atoms with E-state index in [2.05, 4.69) is 4.74 Å². The van der Waals surface area contributed by atoms with E-state index in [9.17, 15) is 9.59 Å². The smallest absolute Gasteiger partial charge is 0.323 e. The Morgan fingerprint density at radius 2 is 1.81 bits per heavy atom. The molecule has 0 aromatic rings. The van der Waals surface area contributed by atoms with E-state index in [4.69, 9.17) is 9.84 Å². The van der Waals surface area contributed by atoms with Crippen molar-refractivity contribution in [1.29, 1.82) is 0 Å². The zero-order chi connectivity index (χ0) is 11.8. The first-order valence-electron chi connectivity index (χ1n) is 5.44. The third-order valence-electron chi connectivity index (χ3n) is 3.89. The van der Waals surface area contributed by atoms with Crippen LogP contribution >= 0.6 is 0 Å². The quantitative estimate of drug-likeness (QED) is 0.559. The van der Waals surface area contributed by atoms with Gasteiger partial charge >= 0.3 is 11.9 Å². The van der Waals surface area contributed by atoms with Gasteiger partial charge in [-0.25, -0.2) is 0 Å². The maximum absolute atomic E-state index is 11.5. The zero-order valence-electron chi connectivity index (χ0n) is 9.32. The first-order chi connectivity index (χ1) is 7.55. The Labute approximate surface area is 93.7 Å². The number of carboxylic acid groups (broad SMARTS) is 1. The van der Waals surface area contributed by atoms with Gasteiger partial charge in [-0.05, 0) is 31.1 Å². The van der Waals surface area contributed by atoms with Gasteiger partial charge in [0.2, 0.25) is 0 Å². The monoisotopic (exact) mass is 228 g/mol. The van der Waals surface area contributed by atoms with E-state index in [0.717, 1.165) is 12.8 Å². The molecular weight excluding hydrogens is 212 g/mol. The van der Waals surface area contributed by atoms with Crippen LogP contribution in [0.3, 0.4) is 0 Å². The Morgan fingerprint density at radius 3 is 2.25 bits per heavy atom. The summed E-state index contributed by atoms with van der Waals surface area (Å²) in [7, 11) is 1.24. The molecule has 90 valence electrons. The van der Waals surface area contributed by atoms with E-state index in [1.165, 1.54) is 7.11 Å². The predicted molar refractivity (Wildman–Crippen MR) is 53.8 cm³/mol. The fraction of sp³-hybridized carbons (Fsp3) is 0.818. The fourth-order valence-electron chi connectivity index (χ4n) is 2.96. The highest BCUT2D eigenvalue weighted by molar-refractivity contribution is 6.00. The molecule has 2 fully saturated rings. The first-order valence-corrected chi connectivity index (χ1v) is 5.44. The van der Waals surface area contributed by atoms with Crippen LogP contribution in [-0.2, 0) is 19.1 Å². The predicted octanol–water partition coefficient (Wildman–Crippen LogP) is 0.821. The van der Waals surface area contributed by atoms with Crippen LogP contribution in [0.5, 0.6) is 0 Å². The van der Waals surface area contributed by atoms with Crippen LogP contribution in [0, 0.1) is 10.8 Å². The molecule has 5 nitrogen and oxygen atoms in total. The van der Waals surface area contributed by atoms with Crippen LogP contribution in [0.4, 0.5) is 0 Å². The summed E-state index contributed by atoms with van der Waals surface area (Å²) in [6.07, 6.45) is 2.48. The molecule has 0 atom stereocenters. The summed E-state index contributed by atoms with van der Waals surface area (Å²) in [5.41, 5.74) is -1.31. The molecule has 0 aromatic carbocycles. The molecule has 1 spiro atoms. The number of carbonyl (C=O) groups excluding carboxylic acids is 1. The first kappa shape index (κ1) is 11.4. The fourth-order valence-corrected chi connectivity index (χ4v) is 2.96. The summed E-state index contributed by atoms with van der Waals surface area (Å²) >= 11 is 0. The van der Waals surface area contributed by atoms with E-state index in [1.54, 1.807) is 0 Å². The van der Waals surface area contributed by atoms with Gasteiger partial charge < -0.3 is 14.6 Å². The Morgan fingerprint density at radius 1 is 1.25 bits per heavy atom. The summed E-state index contributed by atoms with van der Waals surface area (Å²) in [5.74, 6) is -1.67. The lowest BCUT2D eigenvalue weighted by Gasteiger charge is -2.53. The highest BCUT2D eigenvalue weighted by Crippen LogP contribution is 2.60.